The summed E-state index contributed by atoms with van der Waals surface area (Å²) in [6, 6.07) is 36.7. The van der Waals surface area contributed by atoms with E-state index in [9.17, 15) is 28.8 Å². The van der Waals surface area contributed by atoms with Gasteiger partial charge < -0.3 is 0 Å². The molecule has 65 heavy (non-hydrogen) atoms. The molecule has 0 spiro atoms. The number of benzene rings is 4. The van der Waals surface area contributed by atoms with Crippen molar-refractivity contribution in [3.63, 3.8) is 0 Å². The third kappa shape index (κ3) is 9.62. The Labute approximate surface area is 391 Å². The van der Waals surface area contributed by atoms with Crippen LogP contribution in [0.25, 0.3) is 0 Å². The van der Waals surface area contributed by atoms with Gasteiger partial charge in [-0.05, 0) is 11.1 Å². The fourth-order valence-electron chi connectivity index (χ4n) is 9.90. The topological polar surface area (TPSA) is 151 Å². The summed E-state index contributed by atoms with van der Waals surface area (Å²) in [4.78, 5) is 83.5. The number of amides is 4. The minimum atomic E-state index is -3.28. The number of nitrogens with zero attached hydrogens (tertiary/aromatic N) is 2. The molecule has 6 unspecified atom stereocenters. The normalized spacial score (nSPS) is 23.6. The molecule has 4 amide bonds. The molecule has 15 heteroatoms. The maximum absolute atomic E-state index is 13.9. The van der Waals surface area contributed by atoms with Crippen LogP contribution in [0.15, 0.2) is 121 Å². The Balaban J connectivity index is 0.880. The van der Waals surface area contributed by atoms with E-state index in [0.29, 0.717) is 12.8 Å². The van der Waals surface area contributed by atoms with Crippen LogP contribution in [0.4, 0.5) is 0 Å². The van der Waals surface area contributed by atoms with E-state index < -0.39 is 58.9 Å². The zero-order chi connectivity index (χ0) is 45.9. The fourth-order valence-corrected chi connectivity index (χ4v) is 23.4. The zero-order valence-electron chi connectivity index (χ0n) is 37.1. The molecule has 0 bridgehead atoms. The van der Waals surface area contributed by atoms with E-state index >= 15 is 0 Å². The Kier molecular flexibility index (Phi) is 13.9. The molecule has 0 aliphatic carbocycles. The molecule has 4 aromatic rings. The Bertz CT molecular complexity index is 2230. The van der Waals surface area contributed by atoms with Crippen molar-refractivity contribution in [1.29, 1.82) is 0 Å². The van der Waals surface area contributed by atoms with Crippen LogP contribution in [-0.4, -0.2) is 116 Å². The van der Waals surface area contributed by atoms with Crippen LogP contribution < -0.4 is 19.4 Å². The van der Waals surface area contributed by atoms with Gasteiger partial charge in [0, 0.05) is 0 Å². The van der Waals surface area contributed by atoms with E-state index in [2.05, 4.69) is 34.9 Å². The molecule has 2 N–H and O–H groups in total. The number of carbonyl (C=O) groups excluding carboxylic acids is 6. The van der Waals surface area contributed by atoms with Gasteiger partial charge in [-0.25, -0.2) is 0 Å². The van der Waals surface area contributed by atoms with E-state index in [-0.39, 0.29) is 60.4 Å². The first-order valence-electron chi connectivity index (χ1n) is 22.3. The van der Waals surface area contributed by atoms with E-state index in [1.54, 1.807) is 9.80 Å². The standard InChI is InChI=1S/C50H56GeN4O8S2/c1-49(2)41(54-43(58)39(45(54)64-49)52-37(56)31-33-19-9-5-10-20-33)47(60)62-29-17-27-51(35-23-13-7-14-24-35,36-25-15-8-16-26-36)28-18-30-63-48(61)42-50(3,4)65-46-40(44(59)55(42)46)53-38(57)32-34-21-11-6-12-22-34/h5-16,19-26,39-42,45-46H,17-18,27-32H2,1-4H3,(H,52,56)(H,53,57). The summed E-state index contributed by atoms with van der Waals surface area (Å²) >= 11 is -0.268. The first kappa shape index (κ1) is 46.5. The van der Waals surface area contributed by atoms with Crippen molar-refractivity contribution in [3.8, 4) is 0 Å². The number of hydrogen-bond acceptors (Lipinski definition) is 10. The molecule has 4 aliphatic rings. The molecule has 8 rings (SSSR count). The number of thioether (sulfide) groups is 2. The molecule has 340 valence electrons. The number of hydrogen-bond donors (Lipinski definition) is 2. The summed E-state index contributed by atoms with van der Waals surface area (Å²) < 4.78 is 13.3. The quantitative estimate of drug-likeness (QED) is 0.0622. The van der Waals surface area contributed by atoms with E-state index in [0.717, 1.165) is 21.6 Å². The van der Waals surface area contributed by atoms with Gasteiger partial charge in [-0.3, -0.25) is 0 Å². The van der Waals surface area contributed by atoms with Crippen LogP contribution >= 0.6 is 23.5 Å². The van der Waals surface area contributed by atoms with Crippen LogP contribution in [0.5, 0.6) is 0 Å². The van der Waals surface area contributed by atoms with E-state index in [1.807, 2.05) is 125 Å². The summed E-state index contributed by atoms with van der Waals surface area (Å²) in [6.45, 7) is 8.10. The number of rotatable bonds is 18. The van der Waals surface area contributed by atoms with Gasteiger partial charge in [-0.15, -0.1) is 0 Å². The number of ether oxygens (including phenoxy) is 2. The van der Waals surface area contributed by atoms with Crippen LogP contribution in [-0.2, 0) is 51.1 Å². The van der Waals surface area contributed by atoms with Crippen molar-refractivity contribution in [2.24, 2.45) is 0 Å². The van der Waals surface area contributed by atoms with Gasteiger partial charge >= 0.3 is 322 Å². The second-order valence-corrected chi connectivity index (χ2v) is 30.9. The zero-order valence-corrected chi connectivity index (χ0v) is 40.9. The molecule has 4 heterocycles. The maximum atomic E-state index is 13.9. The van der Waals surface area contributed by atoms with E-state index in [4.69, 9.17) is 9.47 Å². The van der Waals surface area contributed by atoms with Gasteiger partial charge in [-0.1, -0.05) is 60.7 Å². The third-order valence-electron chi connectivity index (χ3n) is 13.0. The molecule has 0 saturated carbocycles. The van der Waals surface area contributed by atoms with Gasteiger partial charge in [0.2, 0.25) is 0 Å². The predicted molar refractivity (Wildman–Crippen MR) is 255 cm³/mol. The summed E-state index contributed by atoms with van der Waals surface area (Å²) in [5.74, 6) is -1.94. The molecule has 4 aromatic carbocycles. The second-order valence-electron chi connectivity index (χ2n) is 18.3. The average Bonchev–Trinajstić information content (AvgIpc) is 3.71. The molecule has 12 nitrogen and oxygen atoms in total. The predicted octanol–water partition coefficient (Wildman–Crippen LogP) is 4.70. The van der Waals surface area contributed by atoms with Crippen molar-refractivity contribution < 1.29 is 38.2 Å². The first-order chi connectivity index (χ1) is 31.2. The molecule has 6 atom stereocenters. The van der Waals surface area contributed by atoms with Crippen LogP contribution in [0.3, 0.4) is 0 Å². The molecule has 0 radical (unpaired) electrons. The monoisotopic (exact) mass is 978 g/mol. The SMILES string of the molecule is CC1(C)SC2C(NC(=O)Cc3ccccc3)C(=O)N2C1C(=O)OCC[CH2][Ge]([CH2]CCOC(=O)C1N2C(=O)C(NC(=O)Cc3ccccc3)C2SC1(C)C)([c]1ccccc1)[c]1ccccc1. The number of β-lactam (4-membered cyclic amide) rings is 2. The Morgan fingerprint density at radius 2 is 0.892 bits per heavy atom. The van der Waals surface area contributed by atoms with E-state index in [1.165, 1.54) is 32.3 Å². The van der Waals surface area contributed by atoms with Gasteiger partial charge in [-0.2, -0.15) is 0 Å². The summed E-state index contributed by atoms with van der Waals surface area (Å²) in [5, 5.41) is 6.67. The summed E-state index contributed by atoms with van der Waals surface area (Å²) in [5.41, 5.74) is 1.71. The van der Waals surface area contributed by atoms with Crippen molar-refractivity contribution in [3.05, 3.63) is 132 Å². The number of nitrogens with one attached hydrogen (secondary N) is 2. The van der Waals surface area contributed by atoms with Crippen molar-refractivity contribution in [2.45, 2.75) is 108 Å². The number of fused-ring (bicyclic) bond motifs is 2. The molecular weight excluding hydrogens is 921 g/mol. The van der Waals surface area contributed by atoms with Gasteiger partial charge in [0.1, 0.15) is 0 Å². The first-order valence-corrected chi connectivity index (χ1v) is 29.1. The molecule has 4 fully saturated rings. The minimum absolute atomic E-state index is 0.166. The number of carbonyl (C=O) groups is 6. The number of esters is 2. The van der Waals surface area contributed by atoms with Crippen LogP contribution in [0.2, 0.25) is 10.5 Å². The van der Waals surface area contributed by atoms with Gasteiger partial charge in [0.15, 0.2) is 0 Å². The fraction of sp³-hybridized carbons (Fsp3) is 0.400. The Hall–Kier alpha value is -5.06. The van der Waals surface area contributed by atoms with Crippen molar-refractivity contribution >= 4 is 81.1 Å². The Morgan fingerprint density at radius 3 is 1.25 bits per heavy atom. The Morgan fingerprint density at radius 1 is 0.554 bits per heavy atom. The van der Waals surface area contributed by atoms with Gasteiger partial charge in [0.05, 0.1) is 0 Å². The second kappa shape index (κ2) is 19.4. The molecular formula is C50H56GeN4O8S2. The molecule has 0 aromatic heterocycles. The average molecular weight is 978 g/mol. The molecule has 4 saturated heterocycles. The third-order valence-corrected chi connectivity index (χ3v) is 27.3. The summed E-state index contributed by atoms with van der Waals surface area (Å²) in [6.07, 6.45) is 1.53. The molecule has 4 aliphatic heterocycles. The van der Waals surface area contributed by atoms with Crippen LogP contribution in [0, 0.1) is 0 Å². The van der Waals surface area contributed by atoms with Gasteiger partial charge in [0.25, 0.3) is 0 Å². The van der Waals surface area contributed by atoms with Crippen molar-refractivity contribution in [2.75, 3.05) is 13.2 Å². The van der Waals surface area contributed by atoms with Crippen molar-refractivity contribution in [1.82, 2.24) is 20.4 Å². The van der Waals surface area contributed by atoms with Crippen LogP contribution in [0.1, 0.15) is 51.7 Å². The summed E-state index contributed by atoms with van der Waals surface area (Å²) in [7, 11) is 0.